The molecule has 1 rings (SSSR count). The first-order valence-electron chi connectivity index (χ1n) is 4.63. The van der Waals surface area contributed by atoms with E-state index in [1.807, 2.05) is 25.3 Å². The van der Waals surface area contributed by atoms with Gasteiger partial charge in [0.1, 0.15) is 0 Å². The molecular weight excluding hydrogens is 198 g/mol. The number of hydrogen-bond donors (Lipinski definition) is 1. The second kappa shape index (κ2) is 5.65. The maximum atomic E-state index is 11.1. The number of carbonyl (C=O) groups excluding carboxylic acids is 1. The van der Waals surface area contributed by atoms with E-state index in [1.165, 1.54) is 5.56 Å². The molecule has 1 heterocycles. The highest BCUT2D eigenvalue weighted by Crippen LogP contribution is 2.06. The monoisotopic (exact) mass is 213 g/mol. The van der Waals surface area contributed by atoms with Gasteiger partial charge in [0.25, 0.3) is 0 Å². The molecule has 1 N–H and O–H groups in total. The van der Waals surface area contributed by atoms with Crippen molar-refractivity contribution in [3.63, 3.8) is 0 Å². The second-order valence-electron chi connectivity index (χ2n) is 3.32. The summed E-state index contributed by atoms with van der Waals surface area (Å²) in [4.78, 5) is 11.1. The molecule has 0 aromatic carbocycles. The predicted molar refractivity (Wildman–Crippen MR) is 57.6 cm³/mol. The molecule has 0 aliphatic carbocycles. The van der Waals surface area contributed by atoms with Crippen LogP contribution in [0.4, 0.5) is 4.79 Å². The molecule has 14 heavy (non-hydrogen) atoms. The van der Waals surface area contributed by atoms with Crippen LogP contribution >= 0.6 is 11.3 Å². The van der Waals surface area contributed by atoms with Gasteiger partial charge in [-0.25, -0.2) is 4.79 Å². The first kappa shape index (κ1) is 11.0. The number of hydrogen-bond acceptors (Lipinski definition) is 3. The maximum absolute atomic E-state index is 11.1. The molecule has 1 aromatic rings. The van der Waals surface area contributed by atoms with Crippen molar-refractivity contribution in [3.8, 4) is 0 Å². The smallest absolute Gasteiger partial charge is 0.407 e. The van der Waals surface area contributed by atoms with E-state index in [1.54, 1.807) is 11.3 Å². The van der Waals surface area contributed by atoms with Crippen LogP contribution in [0.3, 0.4) is 0 Å². The zero-order chi connectivity index (χ0) is 10.4. The van der Waals surface area contributed by atoms with Gasteiger partial charge in [-0.05, 0) is 36.2 Å². The van der Waals surface area contributed by atoms with Crippen LogP contribution in [-0.2, 0) is 11.2 Å². The zero-order valence-electron chi connectivity index (χ0n) is 8.45. The molecule has 78 valence electrons. The fourth-order valence-corrected chi connectivity index (χ4v) is 1.68. The third-order valence-electron chi connectivity index (χ3n) is 1.61. The molecule has 0 radical (unpaired) electrons. The predicted octanol–water partition coefficient (Wildman–Crippen LogP) is 2.43. The van der Waals surface area contributed by atoms with Gasteiger partial charge in [0.15, 0.2) is 0 Å². The lowest BCUT2D eigenvalue weighted by molar-refractivity contribution is 0.145. The lowest BCUT2D eigenvalue weighted by atomic mass is 10.3. The molecule has 0 spiro atoms. The Bertz CT molecular complexity index is 270. The number of rotatable bonds is 4. The SMILES string of the molecule is CC(C)NC(=O)OCCc1ccsc1. The Morgan fingerprint density at radius 2 is 2.43 bits per heavy atom. The number of carbonyl (C=O) groups is 1. The van der Waals surface area contributed by atoms with Gasteiger partial charge in [-0.2, -0.15) is 11.3 Å². The Morgan fingerprint density at radius 3 is 3.00 bits per heavy atom. The molecule has 3 nitrogen and oxygen atoms in total. The number of nitrogens with one attached hydrogen (secondary N) is 1. The third-order valence-corrected chi connectivity index (χ3v) is 2.34. The molecule has 0 bridgehead atoms. The topological polar surface area (TPSA) is 38.3 Å². The Balaban J connectivity index is 2.12. The minimum absolute atomic E-state index is 0.128. The average molecular weight is 213 g/mol. The molecule has 0 saturated heterocycles. The van der Waals surface area contributed by atoms with E-state index in [9.17, 15) is 4.79 Å². The quantitative estimate of drug-likeness (QED) is 0.834. The molecule has 4 heteroatoms. The van der Waals surface area contributed by atoms with Crippen LogP contribution in [0.5, 0.6) is 0 Å². The van der Waals surface area contributed by atoms with E-state index in [0.29, 0.717) is 6.61 Å². The van der Waals surface area contributed by atoms with Crippen LogP contribution in [-0.4, -0.2) is 18.7 Å². The van der Waals surface area contributed by atoms with Crippen LogP contribution in [0.1, 0.15) is 19.4 Å². The van der Waals surface area contributed by atoms with Crippen molar-refractivity contribution in [3.05, 3.63) is 22.4 Å². The first-order chi connectivity index (χ1) is 6.68. The summed E-state index contributed by atoms with van der Waals surface area (Å²) in [6, 6.07) is 2.16. The molecule has 0 unspecified atom stereocenters. The Kier molecular flexibility index (Phi) is 4.46. The zero-order valence-corrected chi connectivity index (χ0v) is 9.26. The molecule has 0 saturated carbocycles. The van der Waals surface area contributed by atoms with E-state index >= 15 is 0 Å². The fraction of sp³-hybridized carbons (Fsp3) is 0.500. The standard InChI is InChI=1S/C10H15NO2S/c1-8(2)11-10(12)13-5-3-9-4-6-14-7-9/h4,6-8H,3,5H2,1-2H3,(H,11,12). The number of alkyl carbamates (subject to hydrolysis) is 1. The summed E-state index contributed by atoms with van der Waals surface area (Å²) in [5, 5.41) is 6.74. The van der Waals surface area contributed by atoms with Crippen molar-refractivity contribution in [2.75, 3.05) is 6.61 Å². The van der Waals surface area contributed by atoms with E-state index in [4.69, 9.17) is 4.74 Å². The largest absolute Gasteiger partial charge is 0.449 e. The Morgan fingerprint density at radius 1 is 1.64 bits per heavy atom. The summed E-state index contributed by atoms with van der Waals surface area (Å²) in [6.07, 6.45) is 0.449. The number of ether oxygens (including phenoxy) is 1. The Labute approximate surface area is 88.1 Å². The molecule has 1 aromatic heterocycles. The van der Waals surface area contributed by atoms with Gasteiger partial charge in [-0.3, -0.25) is 0 Å². The normalized spacial score (nSPS) is 10.2. The summed E-state index contributed by atoms with van der Waals surface area (Å²) in [6.45, 7) is 4.25. The van der Waals surface area contributed by atoms with Gasteiger partial charge in [0.2, 0.25) is 0 Å². The van der Waals surface area contributed by atoms with E-state index in [-0.39, 0.29) is 12.1 Å². The van der Waals surface area contributed by atoms with E-state index < -0.39 is 0 Å². The fourth-order valence-electron chi connectivity index (χ4n) is 0.974. The molecule has 0 aliphatic heterocycles. The van der Waals surface area contributed by atoms with Crippen LogP contribution in [0, 0.1) is 0 Å². The summed E-state index contributed by atoms with van der Waals surface area (Å²) < 4.78 is 4.98. The molecule has 0 atom stereocenters. The Hall–Kier alpha value is -1.03. The van der Waals surface area contributed by atoms with E-state index in [2.05, 4.69) is 10.7 Å². The first-order valence-corrected chi connectivity index (χ1v) is 5.57. The van der Waals surface area contributed by atoms with Gasteiger partial charge in [-0.15, -0.1) is 0 Å². The molecule has 0 aliphatic rings. The van der Waals surface area contributed by atoms with Gasteiger partial charge < -0.3 is 10.1 Å². The number of thiophene rings is 1. The van der Waals surface area contributed by atoms with Crippen molar-refractivity contribution < 1.29 is 9.53 Å². The second-order valence-corrected chi connectivity index (χ2v) is 4.10. The highest BCUT2D eigenvalue weighted by atomic mass is 32.1. The van der Waals surface area contributed by atoms with Crippen LogP contribution in [0.25, 0.3) is 0 Å². The average Bonchev–Trinajstić information content (AvgIpc) is 2.55. The van der Waals surface area contributed by atoms with E-state index in [0.717, 1.165) is 6.42 Å². The minimum atomic E-state index is -0.338. The summed E-state index contributed by atoms with van der Waals surface area (Å²) >= 11 is 1.65. The van der Waals surface area contributed by atoms with Gasteiger partial charge in [0, 0.05) is 12.5 Å². The van der Waals surface area contributed by atoms with Crippen LogP contribution in [0.2, 0.25) is 0 Å². The highest BCUT2D eigenvalue weighted by Gasteiger charge is 2.03. The molecular formula is C10H15NO2S. The number of amides is 1. The summed E-state index contributed by atoms with van der Waals surface area (Å²) in [5.74, 6) is 0. The lowest BCUT2D eigenvalue weighted by Gasteiger charge is -2.08. The van der Waals surface area contributed by atoms with Crippen LogP contribution in [0.15, 0.2) is 16.8 Å². The summed E-state index contributed by atoms with van der Waals surface area (Å²) in [5.41, 5.74) is 1.22. The molecule has 1 amide bonds. The van der Waals surface area contributed by atoms with Crippen molar-refractivity contribution >= 4 is 17.4 Å². The van der Waals surface area contributed by atoms with Crippen LogP contribution < -0.4 is 5.32 Å². The van der Waals surface area contributed by atoms with Crippen molar-refractivity contribution in [2.45, 2.75) is 26.3 Å². The van der Waals surface area contributed by atoms with Gasteiger partial charge in [-0.1, -0.05) is 0 Å². The van der Waals surface area contributed by atoms with Crippen molar-refractivity contribution in [1.29, 1.82) is 0 Å². The third kappa shape index (κ3) is 4.28. The maximum Gasteiger partial charge on any atom is 0.407 e. The lowest BCUT2D eigenvalue weighted by Crippen LogP contribution is -2.31. The molecule has 0 fully saturated rings. The minimum Gasteiger partial charge on any atom is -0.449 e. The van der Waals surface area contributed by atoms with Crippen molar-refractivity contribution in [2.24, 2.45) is 0 Å². The van der Waals surface area contributed by atoms with Crippen molar-refractivity contribution in [1.82, 2.24) is 5.32 Å². The van der Waals surface area contributed by atoms with Gasteiger partial charge >= 0.3 is 6.09 Å². The summed E-state index contributed by atoms with van der Waals surface area (Å²) in [7, 11) is 0. The van der Waals surface area contributed by atoms with Gasteiger partial charge in [0.05, 0.1) is 6.61 Å². The highest BCUT2D eigenvalue weighted by molar-refractivity contribution is 7.07.